The van der Waals surface area contributed by atoms with Crippen molar-refractivity contribution in [1.29, 1.82) is 0 Å². The molecule has 0 spiro atoms. The first-order chi connectivity index (χ1) is 8.07. The van der Waals surface area contributed by atoms with E-state index in [1.807, 2.05) is 20.9 Å². The van der Waals surface area contributed by atoms with Crippen LogP contribution in [-0.4, -0.2) is 35.4 Å². The predicted octanol–water partition coefficient (Wildman–Crippen LogP) is 1.65. The summed E-state index contributed by atoms with van der Waals surface area (Å²) in [4.78, 5) is 11.8. The summed E-state index contributed by atoms with van der Waals surface area (Å²) >= 11 is 3.37. The standard InChI is InChI=1S/C11H18BrN3O2/c1-4-17-7-5-6-13-11(16)10-9(12)8(2)15(3)14-10/h4-7H2,1-3H3,(H,13,16). The fourth-order valence-corrected chi connectivity index (χ4v) is 1.85. The minimum Gasteiger partial charge on any atom is -0.382 e. The zero-order valence-electron chi connectivity index (χ0n) is 10.4. The summed E-state index contributed by atoms with van der Waals surface area (Å²) in [7, 11) is 1.81. The van der Waals surface area contributed by atoms with E-state index >= 15 is 0 Å². The quantitative estimate of drug-likeness (QED) is 0.813. The number of nitrogens with one attached hydrogen (secondary N) is 1. The molecule has 1 aromatic heterocycles. The molecule has 0 saturated heterocycles. The van der Waals surface area contributed by atoms with Crippen molar-refractivity contribution >= 4 is 21.8 Å². The summed E-state index contributed by atoms with van der Waals surface area (Å²) in [6.45, 7) is 5.83. The van der Waals surface area contributed by atoms with Crippen molar-refractivity contribution in [3.63, 3.8) is 0 Å². The number of halogens is 1. The third-order valence-corrected chi connectivity index (χ3v) is 3.38. The van der Waals surface area contributed by atoms with Gasteiger partial charge in [-0.1, -0.05) is 0 Å². The second kappa shape index (κ2) is 6.76. The summed E-state index contributed by atoms with van der Waals surface area (Å²) in [6.07, 6.45) is 0.809. The Balaban J connectivity index is 2.44. The monoisotopic (exact) mass is 303 g/mol. The highest BCUT2D eigenvalue weighted by atomic mass is 79.9. The van der Waals surface area contributed by atoms with Crippen LogP contribution in [0.15, 0.2) is 4.47 Å². The summed E-state index contributed by atoms with van der Waals surface area (Å²) < 4.78 is 7.62. The number of ether oxygens (including phenoxy) is 1. The molecule has 0 saturated carbocycles. The second-order valence-corrected chi connectivity index (χ2v) is 4.47. The summed E-state index contributed by atoms with van der Waals surface area (Å²) in [6, 6.07) is 0. The van der Waals surface area contributed by atoms with Gasteiger partial charge in [-0.25, -0.2) is 0 Å². The first-order valence-electron chi connectivity index (χ1n) is 5.63. The van der Waals surface area contributed by atoms with Crippen LogP contribution in [-0.2, 0) is 11.8 Å². The van der Waals surface area contributed by atoms with E-state index < -0.39 is 0 Å². The first kappa shape index (κ1) is 14.2. The molecule has 0 unspecified atom stereocenters. The summed E-state index contributed by atoms with van der Waals surface area (Å²) in [5.41, 5.74) is 1.37. The van der Waals surface area contributed by atoms with Gasteiger partial charge in [-0.3, -0.25) is 9.48 Å². The van der Waals surface area contributed by atoms with Crippen LogP contribution < -0.4 is 5.32 Å². The van der Waals surface area contributed by atoms with Crippen LogP contribution in [0.2, 0.25) is 0 Å². The van der Waals surface area contributed by atoms with Crippen LogP contribution in [0.4, 0.5) is 0 Å². The molecule has 17 heavy (non-hydrogen) atoms. The Morgan fingerprint density at radius 2 is 2.29 bits per heavy atom. The Kier molecular flexibility index (Phi) is 5.64. The Morgan fingerprint density at radius 3 is 2.82 bits per heavy atom. The second-order valence-electron chi connectivity index (χ2n) is 3.68. The lowest BCUT2D eigenvalue weighted by Gasteiger charge is -2.03. The largest absolute Gasteiger partial charge is 0.382 e. The number of carbonyl (C=O) groups is 1. The molecule has 1 heterocycles. The van der Waals surface area contributed by atoms with E-state index in [-0.39, 0.29) is 5.91 Å². The maximum atomic E-state index is 11.8. The van der Waals surface area contributed by atoms with E-state index in [9.17, 15) is 4.79 Å². The Morgan fingerprint density at radius 1 is 1.59 bits per heavy atom. The molecule has 1 amide bonds. The lowest BCUT2D eigenvalue weighted by atomic mass is 10.3. The number of hydrogen-bond donors (Lipinski definition) is 1. The average Bonchev–Trinajstić information content (AvgIpc) is 2.56. The van der Waals surface area contributed by atoms with Gasteiger partial charge in [0.25, 0.3) is 5.91 Å². The van der Waals surface area contributed by atoms with Gasteiger partial charge >= 0.3 is 0 Å². The molecular weight excluding hydrogens is 286 g/mol. The molecule has 5 nitrogen and oxygen atoms in total. The van der Waals surface area contributed by atoms with Gasteiger partial charge in [0, 0.05) is 26.8 Å². The van der Waals surface area contributed by atoms with E-state index in [1.54, 1.807) is 4.68 Å². The number of hydrogen-bond acceptors (Lipinski definition) is 3. The van der Waals surface area contributed by atoms with E-state index in [0.717, 1.165) is 16.6 Å². The molecule has 96 valence electrons. The van der Waals surface area contributed by atoms with Crippen LogP contribution in [0, 0.1) is 6.92 Å². The van der Waals surface area contributed by atoms with E-state index in [2.05, 4.69) is 26.3 Å². The van der Waals surface area contributed by atoms with Crippen molar-refractivity contribution in [3.8, 4) is 0 Å². The third-order valence-electron chi connectivity index (χ3n) is 2.43. The molecule has 0 aliphatic carbocycles. The van der Waals surface area contributed by atoms with Gasteiger partial charge in [-0.05, 0) is 36.2 Å². The number of carbonyl (C=O) groups excluding carboxylic acids is 1. The van der Waals surface area contributed by atoms with Gasteiger partial charge in [0.15, 0.2) is 5.69 Å². The Bertz CT molecular complexity index is 390. The fourth-order valence-electron chi connectivity index (χ4n) is 1.33. The molecule has 1 N–H and O–H groups in total. The van der Waals surface area contributed by atoms with E-state index in [0.29, 0.717) is 25.5 Å². The van der Waals surface area contributed by atoms with Gasteiger partial charge in [-0.2, -0.15) is 5.10 Å². The lowest BCUT2D eigenvalue weighted by Crippen LogP contribution is -2.26. The van der Waals surface area contributed by atoms with Crippen molar-refractivity contribution in [2.45, 2.75) is 20.3 Å². The molecule has 0 aromatic carbocycles. The number of amides is 1. The normalized spacial score (nSPS) is 10.6. The van der Waals surface area contributed by atoms with Crippen LogP contribution >= 0.6 is 15.9 Å². The van der Waals surface area contributed by atoms with Crippen LogP contribution in [0.3, 0.4) is 0 Å². The van der Waals surface area contributed by atoms with Crippen LogP contribution in [0.5, 0.6) is 0 Å². The molecule has 0 fully saturated rings. The highest BCUT2D eigenvalue weighted by molar-refractivity contribution is 9.10. The minimum atomic E-state index is -0.155. The highest BCUT2D eigenvalue weighted by Crippen LogP contribution is 2.19. The zero-order valence-corrected chi connectivity index (χ0v) is 12.0. The number of aromatic nitrogens is 2. The molecule has 0 aliphatic heterocycles. The topological polar surface area (TPSA) is 56.1 Å². The first-order valence-corrected chi connectivity index (χ1v) is 6.42. The van der Waals surface area contributed by atoms with Crippen molar-refractivity contribution in [2.24, 2.45) is 7.05 Å². The van der Waals surface area contributed by atoms with E-state index in [4.69, 9.17) is 4.74 Å². The average molecular weight is 304 g/mol. The van der Waals surface area contributed by atoms with Crippen molar-refractivity contribution in [2.75, 3.05) is 19.8 Å². The van der Waals surface area contributed by atoms with Crippen molar-refractivity contribution in [1.82, 2.24) is 15.1 Å². The Labute approximate surface area is 110 Å². The van der Waals surface area contributed by atoms with Crippen LogP contribution in [0.25, 0.3) is 0 Å². The number of nitrogens with zero attached hydrogens (tertiary/aromatic N) is 2. The van der Waals surface area contributed by atoms with E-state index in [1.165, 1.54) is 0 Å². The van der Waals surface area contributed by atoms with Gasteiger partial charge in [-0.15, -0.1) is 0 Å². The van der Waals surface area contributed by atoms with Gasteiger partial charge < -0.3 is 10.1 Å². The molecular formula is C11H18BrN3O2. The predicted molar refractivity (Wildman–Crippen MR) is 69.1 cm³/mol. The fraction of sp³-hybridized carbons (Fsp3) is 0.636. The third kappa shape index (κ3) is 3.81. The molecule has 1 rings (SSSR count). The van der Waals surface area contributed by atoms with Gasteiger partial charge in [0.05, 0.1) is 10.2 Å². The SMILES string of the molecule is CCOCCCNC(=O)c1nn(C)c(C)c1Br. The smallest absolute Gasteiger partial charge is 0.272 e. The highest BCUT2D eigenvalue weighted by Gasteiger charge is 2.16. The minimum absolute atomic E-state index is 0.155. The molecule has 0 atom stereocenters. The maximum absolute atomic E-state index is 11.8. The van der Waals surface area contributed by atoms with Gasteiger partial charge in [0.2, 0.25) is 0 Å². The number of rotatable bonds is 6. The summed E-state index contributed by atoms with van der Waals surface area (Å²) in [5.74, 6) is -0.155. The lowest BCUT2D eigenvalue weighted by molar-refractivity contribution is 0.0938. The van der Waals surface area contributed by atoms with Gasteiger partial charge in [0.1, 0.15) is 0 Å². The molecule has 0 radical (unpaired) electrons. The van der Waals surface area contributed by atoms with Crippen LogP contribution in [0.1, 0.15) is 29.5 Å². The molecule has 1 aromatic rings. The van der Waals surface area contributed by atoms with Crippen molar-refractivity contribution in [3.05, 3.63) is 15.9 Å². The molecule has 0 bridgehead atoms. The Hall–Kier alpha value is -0.880. The zero-order chi connectivity index (χ0) is 12.8. The molecule has 6 heteroatoms. The van der Waals surface area contributed by atoms with Crippen molar-refractivity contribution < 1.29 is 9.53 Å². The molecule has 0 aliphatic rings. The summed E-state index contributed by atoms with van der Waals surface area (Å²) in [5, 5.41) is 6.97. The number of aryl methyl sites for hydroxylation is 1. The maximum Gasteiger partial charge on any atom is 0.272 e.